The summed E-state index contributed by atoms with van der Waals surface area (Å²) >= 11 is 0. The minimum Gasteiger partial charge on any atom is -0.398 e. The van der Waals surface area contributed by atoms with Crippen LogP contribution in [0.15, 0.2) is 12.3 Å². The molecular formula is C11H14N4O2. The van der Waals surface area contributed by atoms with E-state index in [1.165, 1.54) is 0 Å². The lowest BCUT2D eigenvalue weighted by Crippen LogP contribution is -2.57. The van der Waals surface area contributed by atoms with Crippen molar-refractivity contribution >= 4 is 23.3 Å². The number of nitrogens with one attached hydrogen (secondary N) is 1. The highest BCUT2D eigenvalue weighted by molar-refractivity contribution is 6.04. The van der Waals surface area contributed by atoms with Gasteiger partial charge >= 0.3 is 0 Å². The summed E-state index contributed by atoms with van der Waals surface area (Å²) in [7, 11) is 0. The van der Waals surface area contributed by atoms with E-state index in [1.54, 1.807) is 24.1 Å². The maximum atomic E-state index is 11.5. The second-order valence-electron chi connectivity index (χ2n) is 4.12. The van der Waals surface area contributed by atoms with Gasteiger partial charge in [0.15, 0.2) is 0 Å². The largest absolute Gasteiger partial charge is 0.398 e. The minimum atomic E-state index is -0.428. The number of aromatic nitrogens is 1. The Morgan fingerprint density at radius 1 is 1.53 bits per heavy atom. The van der Waals surface area contributed by atoms with Crippen molar-refractivity contribution < 1.29 is 9.59 Å². The Labute approximate surface area is 98.8 Å². The fraction of sp³-hybridized carbons (Fsp3) is 0.364. The molecule has 1 aromatic rings. The molecule has 3 N–H and O–H groups in total. The predicted octanol–water partition coefficient (Wildman–Crippen LogP) is -0.176. The molecule has 2 amide bonds. The number of hydrogen-bond acceptors (Lipinski definition) is 5. The average Bonchev–Trinajstić information content (AvgIpc) is 2.27. The van der Waals surface area contributed by atoms with Gasteiger partial charge in [-0.1, -0.05) is 0 Å². The van der Waals surface area contributed by atoms with Crippen LogP contribution in [0.4, 0.5) is 11.5 Å². The van der Waals surface area contributed by atoms with Crippen molar-refractivity contribution in [3.63, 3.8) is 0 Å². The lowest BCUT2D eigenvalue weighted by atomic mass is 10.2. The SMILES string of the molecule is Cc1cnc(N2CC(=O)NC(=O)C2C)cc1N. The summed E-state index contributed by atoms with van der Waals surface area (Å²) in [5, 5.41) is 2.28. The van der Waals surface area contributed by atoms with E-state index in [2.05, 4.69) is 10.3 Å². The number of nitrogens with two attached hydrogens (primary N) is 1. The lowest BCUT2D eigenvalue weighted by molar-refractivity contribution is -0.132. The Morgan fingerprint density at radius 3 is 2.88 bits per heavy atom. The summed E-state index contributed by atoms with van der Waals surface area (Å²) in [5.74, 6) is -0.0972. The van der Waals surface area contributed by atoms with E-state index in [0.29, 0.717) is 11.5 Å². The molecule has 6 heteroatoms. The Morgan fingerprint density at radius 2 is 2.24 bits per heavy atom. The highest BCUT2D eigenvalue weighted by atomic mass is 16.2. The van der Waals surface area contributed by atoms with Crippen LogP contribution < -0.4 is 16.0 Å². The summed E-state index contributed by atoms with van der Waals surface area (Å²) in [6.45, 7) is 3.69. The van der Waals surface area contributed by atoms with Gasteiger partial charge in [-0.2, -0.15) is 0 Å². The van der Waals surface area contributed by atoms with Gasteiger partial charge in [0.2, 0.25) is 11.8 Å². The molecule has 0 aromatic carbocycles. The first-order valence-corrected chi connectivity index (χ1v) is 5.31. The van der Waals surface area contributed by atoms with Crippen LogP contribution in [0.2, 0.25) is 0 Å². The number of carbonyl (C=O) groups excluding carboxylic acids is 2. The fourth-order valence-electron chi connectivity index (χ4n) is 1.68. The van der Waals surface area contributed by atoms with Gasteiger partial charge in [-0.05, 0) is 19.4 Å². The van der Waals surface area contributed by atoms with Crippen LogP contribution >= 0.6 is 0 Å². The van der Waals surface area contributed by atoms with Crippen LogP contribution in [-0.2, 0) is 9.59 Å². The molecule has 2 rings (SSSR count). The highest BCUT2D eigenvalue weighted by Crippen LogP contribution is 2.20. The number of rotatable bonds is 1. The molecule has 0 radical (unpaired) electrons. The second kappa shape index (κ2) is 4.04. The number of hydrogen-bond donors (Lipinski definition) is 2. The van der Waals surface area contributed by atoms with E-state index in [4.69, 9.17) is 5.73 Å². The van der Waals surface area contributed by atoms with Gasteiger partial charge in [0.1, 0.15) is 11.9 Å². The Balaban J connectivity index is 2.34. The van der Waals surface area contributed by atoms with Gasteiger partial charge in [-0.25, -0.2) is 4.98 Å². The maximum absolute atomic E-state index is 11.5. The Hall–Kier alpha value is -2.11. The average molecular weight is 234 g/mol. The number of pyridine rings is 1. The first-order chi connectivity index (χ1) is 7.99. The summed E-state index contributed by atoms with van der Waals surface area (Å²) in [6.07, 6.45) is 1.63. The van der Waals surface area contributed by atoms with Gasteiger partial charge < -0.3 is 10.6 Å². The molecule has 1 fully saturated rings. The number of nitrogens with zero attached hydrogens (tertiary/aromatic N) is 2. The molecule has 0 spiro atoms. The number of amides is 2. The zero-order valence-electron chi connectivity index (χ0n) is 9.73. The van der Waals surface area contributed by atoms with Crippen LogP contribution in [0.5, 0.6) is 0 Å². The molecule has 1 atom stereocenters. The number of carbonyl (C=O) groups is 2. The van der Waals surface area contributed by atoms with E-state index in [-0.39, 0.29) is 18.4 Å². The van der Waals surface area contributed by atoms with Gasteiger partial charge in [0.05, 0.1) is 6.54 Å². The fourth-order valence-corrected chi connectivity index (χ4v) is 1.68. The topological polar surface area (TPSA) is 88.3 Å². The molecule has 0 saturated carbocycles. The summed E-state index contributed by atoms with van der Waals surface area (Å²) in [4.78, 5) is 28.7. The van der Waals surface area contributed by atoms with Crippen molar-refractivity contribution in [2.45, 2.75) is 19.9 Å². The summed E-state index contributed by atoms with van der Waals surface area (Å²) in [6, 6.07) is 1.25. The standard InChI is InChI=1S/C11H14N4O2/c1-6-4-13-9(3-8(6)12)15-5-10(16)14-11(17)7(15)2/h3-4,7H,5H2,1-2H3,(H2,12,13)(H,14,16,17). The van der Waals surface area contributed by atoms with Crippen LogP contribution in [0.3, 0.4) is 0 Å². The van der Waals surface area contributed by atoms with Gasteiger partial charge in [-0.3, -0.25) is 14.9 Å². The zero-order chi connectivity index (χ0) is 12.6. The molecule has 1 saturated heterocycles. The van der Waals surface area contributed by atoms with Gasteiger partial charge in [-0.15, -0.1) is 0 Å². The third kappa shape index (κ3) is 2.06. The third-order valence-corrected chi connectivity index (χ3v) is 2.85. The van der Waals surface area contributed by atoms with Crippen molar-refractivity contribution in [3.8, 4) is 0 Å². The summed E-state index contributed by atoms with van der Waals surface area (Å²) < 4.78 is 0. The summed E-state index contributed by atoms with van der Waals surface area (Å²) in [5.41, 5.74) is 7.26. The lowest BCUT2D eigenvalue weighted by Gasteiger charge is -2.32. The molecule has 2 heterocycles. The monoisotopic (exact) mass is 234 g/mol. The highest BCUT2D eigenvalue weighted by Gasteiger charge is 2.31. The Bertz CT molecular complexity index is 486. The van der Waals surface area contributed by atoms with Crippen molar-refractivity contribution in [1.82, 2.24) is 10.3 Å². The number of piperazine rings is 1. The first-order valence-electron chi connectivity index (χ1n) is 5.31. The third-order valence-electron chi connectivity index (χ3n) is 2.85. The maximum Gasteiger partial charge on any atom is 0.249 e. The molecule has 1 aliphatic heterocycles. The number of anilines is 2. The van der Waals surface area contributed by atoms with E-state index in [0.717, 1.165) is 5.56 Å². The number of aryl methyl sites for hydroxylation is 1. The Kier molecular flexibility index (Phi) is 2.71. The van der Waals surface area contributed by atoms with Crippen molar-refractivity contribution in [1.29, 1.82) is 0 Å². The van der Waals surface area contributed by atoms with Gasteiger partial charge in [0, 0.05) is 18.0 Å². The van der Waals surface area contributed by atoms with Crippen LogP contribution in [0, 0.1) is 6.92 Å². The first kappa shape index (κ1) is 11.4. The van der Waals surface area contributed by atoms with E-state index < -0.39 is 6.04 Å². The smallest absolute Gasteiger partial charge is 0.249 e. The van der Waals surface area contributed by atoms with E-state index >= 15 is 0 Å². The van der Waals surface area contributed by atoms with Crippen LogP contribution in [0.1, 0.15) is 12.5 Å². The van der Waals surface area contributed by atoms with Crippen molar-refractivity contribution in [2.75, 3.05) is 17.2 Å². The van der Waals surface area contributed by atoms with Crippen molar-refractivity contribution in [3.05, 3.63) is 17.8 Å². The van der Waals surface area contributed by atoms with Gasteiger partial charge in [0.25, 0.3) is 0 Å². The van der Waals surface area contributed by atoms with E-state index in [1.807, 2.05) is 6.92 Å². The molecule has 17 heavy (non-hydrogen) atoms. The minimum absolute atomic E-state index is 0.113. The molecule has 1 aromatic heterocycles. The molecule has 1 aliphatic rings. The molecule has 1 unspecified atom stereocenters. The molecule has 0 aliphatic carbocycles. The van der Waals surface area contributed by atoms with Crippen molar-refractivity contribution in [2.24, 2.45) is 0 Å². The van der Waals surface area contributed by atoms with Crippen LogP contribution in [-0.4, -0.2) is 29.4 Å². The zero-order valence-corrected chi connectivity index (χ0v) is 9.73. The molecule has 6 nitrogen and oxygen atoms in total. The quantitative estimate of drug-likeness (QED) is 0.658. The molecule has 90 valence electrons. The second-order valence-corrected chi connectivity index (χ2v) is 4.12. The number of imide groups is 1. The molecule has 0 bridgehead atoms. The van der Waals surface area contributed by atoms with E-state index in [9.17, 15) is 9.59 Å². The molecular weight excluding hydrogens is 220 g/mol. The predicted molar refractivity (Wildman–Crippen MR) is 63.3 cm³/mol. The normalized spacial score (nSPS) is 20.4. The number of nitrogen functional groups attached to an aromatic ring is 1. The van der Waals surface area contributed by atoms with Crippen LogP contribution in [0.25, 0.3) is 0 Å².